The van der Waals surface area contributed by atoms with Crippen LogP contribution in [-0.4, -0.2) is 11.6 Å². The maximum Gasteiger partial charge on any atom is 0.194 e. The number of rotatable bonds is 30. The van der Waals surface area contributed by atoms with Gasteiger partial charge in [-0.15, -0.1) is 22.7 Å². The van der Waals surface area contributed by atoms with Crippen LogP contribution in [0.4, 0.5) is 17.6 Å². The van der Waals surface area contributed by atoms with E-state index < -0.39 is 56.8 Å². The second kappa shape index (κ2) is 32.7. The predicted molar refractivity (Wildman–Crippen MR) is 420 cm³/mol. The molecule has 0 radical (unpaired) electrons. The van der Waals surface area contributed by atoms with Crippen LogP contribution in [-0.2, 0) is 36.5 Å². The van der Waals surface area contributed by atoms with Crippen molar-refractivity contribution < 1.29 is 27.2 Å². The average Bonchev–Trinajstić information content (AvgIpc) is 1.50. The molecular weight excluding hydrogens is 1360 g/mol. The summed E-state index contributed by atoms with van der Waals surface area (Å²) in [6, 6.07) is 56.3. The Morgan fingerprint density at radius 1 is 0.340 bits per heavy atom. The van der Waals surface area contributed by atoms with Crippen LogP contribution in [0.5, 0.6) is 0 Å². The first-order chi connectivity index (χ1) is 51.7. The van der Waals surface area contributed by atoms with E-state index in [-0.39, 0.29) is 44.5 Å². The highest BCUT2D eigenvalue weighted by molar-refractivity contribution is 7.17. The second-order valence-corrected chi connectivity index (χ2v) is 31.2. The van der Waals surface area contributed by atoms with E-state index in [1.165, 1.54) is 96.3 Å². The maximum atomic E-state index is 15.3. The van der Waals surface area contributed by atoms with Crippen LogP contribution in [0.1, 0.15) is 264 Å². The molecule has 0 aliphatic heterocycles. The van der Waals surface area contributed by atoms with Gasteiger partial charge in [-0.1, -0.05) is 227 Å². The van der Waals surface area contributed by atoms with Crippen molar-refractivity contribution >= 4 is 57.5 Å². The molecule has 0 saturated carbocycles. The lowest BCUT2D eigenvalue weighted by molar-refractivity contribution is 0.103. The van der Waals surface area contributed by atoms with E-state index in [1.54, 1.807) is 12.2 Å². The fraction of sp³-hybridized carbons (Fsp3) is 0.319. The van der Waals surface area contributed by atoms with E-state index in [9.17, 15) is 30.6 Å². The molecule has 0 spiro atoms. The topological polar surface area (TPSA) is 129 Å². The van der Waals surface area contributed by atoms with Crippen LogP contribution in [0.3, 0.4) is 0 Å². The lowest BCUT2D eigenvalue weighted by Gasteiger charge is -2.35. The Kier molecular flexibility index (Phi) is 22.9. The van der Waals surface area contributed by atoms with E-state index in [4.69, 9.17) is 0 Å². The first-order valence-corrected chi connectivity index (χ1v) is 39.8. The summed E-state index contributed by atoms with van der Waals surface area (Å²) in [7, 11) is 0. The van der Waals surface area contributed by atoms with E-state index in [1.807, 2.05) is 24.3 Å². The molecule has 0 amide bonds. The molecule has 4 aliphatic carbocycles. The Morgan fingerprint density at radius 2 is 0.604 bits per heavy atom. The quantitative estimate of drug-likeness (QED) is 0.0191. The molecule has 0 N–H and O–H groups in total. The Hall–Kier alpha value is -10.1. The van der Waals surface area contributed by atoms with Gasteiger partial charge in [0.05, 0.1) is 10.8 Å². The van der Waals surface area contributed by atoms with Crippen molar-refractivity contribution in [2.75, 3.05) is 0 Å². The van der Waals surface area contributed by atoms with Gasteiger partial charge >= 0.3 is 0 Å². The number of thiophene rings is 2. The molecule has 6 nitrogen and oxygen atoms in total. The molecule has 2 unspecified atom stereocenters. The number of allylic oxidation sites excluding steroid dienone is 6. The predicted octanol–water partition coefficient (Wildman–Crippen LogP) is 25.3. The van der Waals surface area contributed by atoms with Gasteiger partial charge in [-0.3, -0.25) is 9.59 Å². The van der Waals surface area contributed by atoms with E-state index in [0.717, 1.165) is 192 Å². The lowest BCUT2D eigenvalue weighted by Crippen LogP contribution is -2.30. The molecule has 534 valence electrons. The minimum Gasteiger partial charge on any atom is -0.289 e. The molecule has 13 rings (SSSR count). The van der Waals surface area contributed by atoms with Gasteiger partial charge in [0, 0.05) is 52.9 Å². The van der Waals surface area contributed by atoms with Crippen LogP contribution >= 0.6 is 22.7 Å². The van der Waals surface area contributed by atoms with E-state index >= 15 is 17.6 Å². The number of Topliss-reactive ketones (excluding diaryl/α,β-unsaturated/α-hetero) is 2. The number of fused-ring (bicyclic) bond motifs is 8. The number of nitrogens with zero attached hydrogens (tertiary/aromatic N) is 4. The molecule has 2 atom stereocenters. The third-order valence-electron chi connectivity index (χ3n) is 22.3. The summed E-state index contributed by atoms with van der Waals surface area (Å²) < 4.78 is 61.2. The number of nitriles is 4. The highest BCUT2D eigenvalue weighted by atomic mass is 32.1. The maximum absolute atomic E-state index is 15.3. The van der Waals surface area contributed by atoms with Gasteiger partial charge in [0.15, 0.2) is 34.8 Å². The molecule has 9 aromatic rings. The van der Waals surface area contributed by atoms with Crippen LogP contribution in [0.15, 0.2) is 168 Å². The Bertz CT molecular complexity index is 4840. The molecule has 7 aromatic carbocycles. The van der Waals surface area contributed by atoms with Gasteiger partial charge in [0.1, 0.15) is 35.4 Å². The van der Waals surface area contributed by atoms with Crippen molar-refractivity contribution in [2.45, 2.75) is 193 Å². The summed E-state index contributed by atoms with van der Waals surface area (Å²) in [6.45, 7) is 8.88. The van der Waals surface area contributed by atoms with Gasteiger partial charge < -0.3 is 0 Å². The summed E-state index contributed by atoms with van der Waals surface area (Å²) in [6.07, 6.45) is 29.7. The Morgan fingerprint density at radius 3 is 0.887 bits per heavy atom. The summed E-state index contributed by atoms with van der Waals surface area (Å²) in [5.41, 5.74) is 11.1. The van der Waals surface area contributed by atoms with E-state index in [2.05, 4.69) is 149 Å². The molecule has 2 aromatic heterocycles. The van der Waals surface area contributed by atoms with Gasteiger partial charge in [-0.2, -0.15) is 21.0 Å². The number of hydrogen-bond acceptors (Lipinski definition) is 8. The zero-order valence-electron chi connectivity index (χ0n) is 60.9. The van der Waals surface area contributed by atoms with Crippen molar-refractivity contribution in [2.24, 2.45) is 0 Å². The number of halogens is 4. The van der Waals surface area contributed by atoms with Gasteiger partial charge in [-0.25, -0.2) is 17.6 Å². The van der Waals surface area contributed by atoms with Crippen LogP contribution in [0.2, 0.25) is 0 Å². The zero-order chi connectivity index (χ0) is 74.2. The summed E-state index contributed by atoms with van der Waals surface area (Å²) >= 11 is 2.95. The molecule has 0 fully saturated rings. The molecular formula is C94H86F4N4O2S2. The lowest BCUT2D eigenvalue weighted by atomic mass is 9.65. The number of ketones is 2. The number of carbonyl (C=O) groups excluding carboxylic acids is 2. The molecule has 0 saturated heterocycles. The van der Waals surface area contributed by atoms with Crippen molar-refractivity contribution in [3.05, 3.63) is 290 Å². The normalized spacial score (nSPS) is 16.5. The molecule has 106 heavy (non-hydrogen) atoms. The minimum absolute atomic E-state index is 0.0196. The fourth-order valence-electron chi connectivity index (χ4n) is 16.9. The van der Waals surface area contributed by atoms with E-state index in [0.29, 0.717) is 9.75 Å². The summed E-state index contributed by atoms with van der Waals surface area (Å²) in [4.78, 5) is 32.8. The minimum atomic E-state index is -1.22. The smallest absolute Gasteiger partial charge is 0.194 e. The summed E-state index contributed by atoms with van der Waals surface area (Å²) in [5, 5.41) is 42.0. The number of aryl methyl sites for hydroxylation is 4. The SMILES string of the molecule is CCCCCCCCc1ccc(C2(c3ccc(CCCCCC)cc3)c3cc4c(cc3-c3sc(/C=C5\C(=O)c6cc(F)c(F)cc6C5=C(C#N)C#N)cc32)C(c2ccc(CCCCCC)cc2)(c2ccc(CCCCCCCC)cc2)c2cc(/C=C3\C(=O)c5cc(F)c(F)cc5C3=C(C#N)C#N)sc2-4)cc1. The number of benzene rings is 7. The van der Waals surface area contributed by atoms with Crippen LogP contribution in [0, 0.1) is 68.6 Å². The third-order valence-corrected chi connectivity index (χ3v) is 24.5. The molecule has 0 bridgehead atoms. The van der Waals surface area contributed by atoms with Crippen LogP contribution in [0.25, 0.3) is 44.2 Å². The van der Waals surface area contributed by atoms with Crippen molar-refractivity contribution in [3.8, 4) is 45.2 Å². The van der Waals surface area contributed by atoms with Crippen molar-refractivity contribution in [3.63, 3.8) is 0 Å². The van der Waals surface area contributed by atoms with Gasteiger partial charge in [0.2, 0.25) is 0 Å². The Balaban J connectivity index is 1.10. The first-order valence-electron chi connectivity index (χ1n) is 38.2. The standard InChI is InChI=1S/C94H86F4N4O2S2/c1-5-9-13-17-19-23-27-61-33-41-67(42-34-61)93(65-37-29-59(30-38-65)25-21-15-11-7-3)79-49-76-80(50-75(79)91-81(93)47-69(105-91)45-77-87(63(55-99)56-100)71-51-83(95)85(97)53-73(71)89(77)103)94(66-39-31-60(32-40-66)26-22-16-12-8-4,68-43-35-62(36-44-68)28-24-20-18-14-10-6-2)82-48-70(106-92(76)82)46-78-88(64(57-101)58-102)72-52-84(96)86(98)54-74(72)90(78)104/h29-54H,5-28H2,1-4H3/b77-45-,78-46-. The Labute approximate surface area is 629 Å². The fourth-order valence-corrected chi connectivity index (χ4v) is 19.2. The largest absolute Gasteiger partial charge is 0.289 e. The second-order valence-electron chi connectivity index (χ2n) is 29.0. The molecule has 12 heteroatoms. The number of hydrogen-bond donors (Lipinski definition) is 0. The third kappa shape index (κ3) is 13.9. The van der Waals surface area contributed by atoms with Crippen molar-refractivity contribution in [1.29, 1.82) is 21.0 Å². The van der Waals surface area contributed by atoms with Crippen molar-refractivity contribution in [1.82, 2.24) is 0 Å². The number of carbonyl (C=O) groups is 2. The average molecular weight is 1440 g/mol. The highest BCUT2D eigenvalue weighted by Gasteiger charge is 2.53. The zero-order valence-corrected chi connectivity index (χ0v) is 62.5. The highest BCUT2D eigenvalue weighted by Crippen LogP contribution is 2.66. The summed E-state index contributed by atoms with van der Waals surface area (Å²) in [5.74, 6) is -6.14. The first kappa shape index (κ1) is 74.2. The monoisotopic (exact) mass is 1440 g/mol. The van der Waals surface area contributed by atoms with Gasteiger partial charge in [-0.05, 0) is 201 Å². The molecule has 4 aliphatic rings. The number of unbranched alkanes of at least 4 members (excludes halogenated alkanes) is 16. The van der Waals surface area contributed by atoms with Crippen LogP contribution < -0.4 is 0 Å². The van der Waals surface area contributed by atoms with Gasteiger partial charge in [0.25, 0.3) is 0 Å². The molecule has 2 heterocycles.